The highest BCUT2D eigenvalue weighted by molar-refractivity contribution is 9.10. The van der Waals surface area contributed by atoms with Crippen LogP contribution in [0.15, 0.2) is 16.7 Å². The summed E-state index contributed by atoms with van der Waals surface area (Å²) in [6.07, 6.45) is 1.47. The Balaban J connectivity index is 2.84. The molecule has 1 atom stereocenters. The lowest BCUT2D eigenvalue weighted by Crippen LogP contribution is -2.27. The van der Waals surface area contributed by atoms with E-state index < -0.39 is 0 Å². The van der Waals surface area contributed by atoms with Crippen LogP contribution in [0.5, 0.6) is 0 Å². The lowest BCUT2D eigenvalue weighted by atomic mass is 10.3. The van der Waals surface area contributed by atoms with Gasteiger partial charge in [0.15, 0.2) is 0 Å². The van der Waals surface area contributed by atoms with Crippen LogP contribution in [0.4, 0.5) is 5.82 Å². The molecule has 14 heavy (non-hydrogen) atoms. The van der Waals surface area contributed by atoms with Crippen molar-refractivity contribution >= 4 is 21.7 Å². The molecule has 0 saturated heterocycles. The van der Waals surface area contributed by atoms with Crippen LogP contribution in [-0.2, 0) is 0 Å². The smallest absolute Gasteiger partial charge is 0.142 e. The number of aliphatic hydroxyl groups is 1. The van der Waals surface area contributed by atoms with Gasteiger partial charge in [0.25, 0.3) is 0 Å². The highest BCUT2D eigenvalue weighted by Gasteiger charge is 2.09. The van der Waals surface area contributed by atoms with Crippen molar-refractivity contribution in [2.24, 2.45) is 0 Å². The number of hydrogen-bond donors (Lipinski definition) is 1. The maximum Gasteiger partial charge on any atom is 0.142 e. The number of pyridine rings is 1. The minimum absolute atomic E-state index is 0.352. The van der Waals surface area contributed by atoms with Gasteiger partial charge in [0.05, 0.1) is 10.6 Å². The number of halogens is 1. The number of aliphatic hydroxyl groups excluding tert-OH is 1. The van der Waals surface area contributed by atoms with Crippen LogP contribution in [0.2, 0.25) is 0 Å². The van der Waals surface area contributed by atoms with E-state index in [1.807, 2.05) is 31.1 Å². The average Bonchev–Trinajstić information content (AvgIpc) is 2.01. The first-order valence-corrected chi connectivity index (χ1v) is 5.31. The number of aromatic nitrogens is 1. The van der Waals surface area contributed by atoms with E-state index in [1.165, 1.54) is 0 Å². The Morgan fingerprint density at radius 2 is 2.29 bits per heavy atom. The minimum Gasteiger partial charge on any atom is -0.392 e. The number of aryl methyl sites for hydroxylation is 1. The van der Waals surface area contributed by atoms with Crippen LogP contribution in [0.25, 0.3) is 0 Å². The molecule has 3 nitrogen and oxygen atoms in total. The van der Waals surface area contributed by atoms with E-state index in [9.17, 15) is 5.11 Å². The Labute approximate surface area is 92.9 Å². The van der Waals surface area contributed by atoms with E-state index in [0.717, 1.165) is 15.9 Å². The van der Waals surface area contributed by atoms with Gasteiger partial charge in [-0.1, -0.05) is 0 Å². The highest BCUT2D eigenvalue weighted by Crippen LogP contribution is 2.23. The maximum atomic E-state index is 9.24. The maximum absolute atomic E-state index is 9.24. The van der Waals surface area contributed by atoms with Crippen LogP contribution in [-0.4, -0.2) is 29.8 Å². The quantitative estimate of drug-likeness (QED) is 0.901. The molecular weight excluding hydrogens is 244 g/mol. The molecule has 1 N–H and O–H groups in total. The van der Waals surface area contributed by atoms with Crippen molar-refractivity contribution in [2.45, 2.75) is 20.0 Å². The van der Waals surface area contributed by atoms with Gasteiger partial charge in [-0.2, -0.15) is 0 Å². The molecule has 0 amide bonds. The third-order valence-corrected chi connectivity index (χ3v) is 2.44. The van der Waals surface area contributed by atoms with E-state index in [4.69, 9.17) is 0 Å². The second-order valence-electron chi connectivity index (χ2n) is 3.55. The molecule has 0 aromatic carbocycles. The first-order valence-electron chi connectivity index (χ1n) is 4.52. The van der Waals surface area contributed by atoms with Gasteiger partial charge in [0, 0.05) is 19.8 Å². The normalized spacial score (nSPS) is 12.6. The fourth-order valence-corrected chi connectivity index (χ4v) is 2.06. The minimum atomic E-state index is -0.352. The Kier molecular flexibility index (Phi) is 3.89. The predicted octanol–water partition coefficient (Wildman–Crippen LogP) is 1.97. The third-order valence-electron chi connectivity index (χ3n) is 1.86. The largest absolute Gasteiger partial charge is 0.392 e. The van der Waals surface area contributed by atoms with E-state index in [2.05, 4.69) is 20.9 Å². The molecular formula is C10H15BrN2O. The Hall–Kier alpha value is -0.610. The molecule has 0 spiro atoms. The standard InChI is InChI=1S/C10H15BrN2O/c1-7-4-9(11)10(12-5-7)13(3)6-8(2)14/h4-5,8,14H,6H2,1-3H3. The summed E-state index contributed by atoms with van der Waals surface area (Å²) in [6.45, 7) is 4.34. The molecule has 0 bridgehead atoms. The van der Waals surface area contributed by atoms with Crippen molar-refractivity contribution in [3.63, 3.8) is 0 Å². The summed E-state index contributed by atoms with van der Waals surface area (Å²) < 4.78 is 0.959. The summed E-state index contributed by atoms with van der Waals surface area (Å²) >= 11 is 3.45. The molecule has 0 radical (unpaired) electrons. The SMILES string of the molecule is Cc1cnc(N(C)CC(C)O)c(Br)c1. The van der Waals surface area contributed by atoms with E-state index in [-0.39, 0.29) is 6.10 Å². The van der Waals surface area contributed by atoms with E-state index in [1.54, 1.807) is 6.92 Å². The van der Waals surface area contributed by atoms with Crippen molar-refractivity contribution in [2.75, 3.05) is 18.5 Å². The van der Waals surface area contributed by atoms with E-state index in [0.29, 0.717) is 6.54 Å². The van der Waals surface area contributed by atoms with Gasteiger partial charge in [0.2, 0.25) is 0 Å². The third kappa shape index (κ3) is 2.96. The second-order valence-corrected chi connectivity index (χ2v) is 4.40. The predicted molar refractivity (Wildman–Crippen MR) is 61.6 cm³/mol. The van der Waals surface area contributed by atoms with Crippen molar-refractivity contribution in [1.82, 2.24) is 4.98 Å². The summed E-state index contributed by atoms with van der Waals surface area (Å²) in [5.74, 6) is 0.858. The van der Waals surface area contributed by atoms with Crippen LogP contribution in [0.3, 0.4) is 0 Å². The van der Waals surface area contributed by atoms with E-state index >= 15 is 0 Å². The Bertz CT molecular complexity index is 315. The summed E-state index contributed by atoms with van der Waals surface area (Å²) in [5.41, 5.74) is 1.12. The van der Waals surface area contributed by atoms with Crippen LogP contribution >= 0.6 is 15.9 Å². The van der Waals surface area contributed by atoms with Gasteiger partial charge in [-0.05, 0) is 41.4 Å². The van der Waals surface area contributed by atoms with Gasteiger partial charge in [-0.25, -0.2) is 4.98 Å². The van der Waals surface area contributed by atoms with Crippen LogP contribution in [0.1, 0.15) is 12.5 Å². The van der Waals surface area contributed by atoms with Crippen LogP contribution in [0, 0.1) is 6.92 Å². The Morgan fingerprint density at radius 1 is 1.64 bits per heavy atom. The second kappa shape index (κ2) is 4.75. The molecule has 0 saturated carbocycles. The first-order chi connectivity index (χ1) is 6.50. The summed E-state index contributed by atoms with van der Waals surface area (Å²) in [5, 5.41) is 9.24. The number of likely N-dealkylation sites (N-methyl/N-ethyl adjacent to an activating group) is 1. The molecule has 1 heterocycles. The first kappa shape index (κ1) is 11.5. The number of hydrogen-bond acceptors (Lipinski definition) is 3. The number of nitrogens with zero attached hydrogens (tertiary/aromatic N) is 2. The zero-order valence-electron chi connectivity index (χ0n) is 8.66. The molecule has 1 aromatic heterocycles. The van der Waals surface area contributed by atoms with Gasteiger partial charge in [0.1, 0.15) is 5.82 Å². The summed E-state index contributed by atoms with van der Waals surface area (Å²) in [4.78, 5) is 6.22. The number of rotatable bonds is 3. The summed E-state index contributed by atoms with van der Waals surface area (Å²) in [6, 6.07) is 2.01. The molecule has 0 aliphatic rings. The van der Waals surface area contributed by atoms with Gasteiger partial charge in [-0.3, -0.25) is 0 Å². The van der Waals surface area contributed by atoms with Crippen molar-refractivity contribution in [3.05, 3.63) is 22.3 Å². The van der Waals surface area contributed by atoms with Gasteiger partial charge >= 0.3 is 0 Å². The topological polar surface area (TPSA) is 36.4 Å². The van der Waals surface area contributed by atoms with Crippen molar-refractivity contribution in [3.8, 4) is 0 Å². The zero-order chi connectivity index (χ0) is 10.7. The molecule has 1 aromatic rings. The van der Waals surface area contributed by atoms with Crippen molar-refractivity contribution < 1.29 is 5.11 Å². The molecule has 0 aliphatic heterocycles. The summed E-state index contributed by atoms with van der Waals surface area (Å²) in [7, 11) is 1.91. The lowest BCUT2D eigenvalue weighted by Gasteiger charge is -2.20. The average molecular weight is 259 g/mol. The number of anilines is 1. The fraction of sp³-hybridized carbons (Fsp3) is 0.500. The zero-order valence-corrected chi connectivity index (χ0v) is 10.2. The molecule has 78 valence electrons. The Morgan fingerprint density at radius 3 is 2.79 bits per heavy atom. The molecule has 1 unspecified atom stereocenters. The molecule has 0 aliphatic carbocycles. The van der Waals surface area contributed by atoms with Crippen molar-refractivity contribution in [1.29, 1.82) is 0 Å². The highest BCUT2D eigenvalue weighted by atomic mass is 79.9. The van der Waals surface area contributed by atoms with Crippen LogP contribution < -0.4 is 4.90 Å². The lowest BCUT2D eigenvalue weighted by molar-refractivity contribution is 0.201. The van der Waals surface area contributed by atoms with Gasteiger partial charge < -0.3 is 10.0 Å². The fourth-order valence-electron chi connectivity index (χ4n) is 1.29. The molecule has 0 fully saturated rings. The monoisotopic (exact) mass is 258 g/mol. The molecule has 1 rings (SSSR count). The molecule has 4 heteroatoms. The van der Waals surface area contributed by atoms with Gasteiger partial charge in [-0.15, -0.1) is 0 Å².